The fraction of sp³-hybridized carbons (Fsp3) is 0.692. The number of hydrogen-bond donors (Lipinski definition) is 2. The lowest BCUT2D eigenvalue weighted by molar-refractivity contribution is 0.529. The summed E-state index contributed by atoms with van der Waals surface area (Å²) in [6.45, 7) is 3.01. The summed E-state index contributed by atoms with van der Waals surface area (Å²) in [6, 6.07) is 4.01. The zero-order chi connectivity index (χ0) is 13.7. The zero-order valence-electron chi connectivity index (χ0n) is 11.3. The van der Waals surface area contributed by atoms with E-state index in [0.29, 0.717) is 0 Å². The fourth-order valence-corrected chi connectivity index (χ4v) is 4.94. The highest BCUT2D eigenvalue weighted by Crippen LogP contribution is 2.24. The van der Waals surface area contributed by atoms with E-state index in [0.717, 1.165) is 37.1 Å². The average molecular weight is 302 g/mol. The van der Waals surface area contributed by atoms with Crippen LogP contribution in [0, 0.1) is 0 Å². The Morgan fingerprint density at radius 2 is 2.42 bits per heavy atom. The van der Waals surface area contributed by atoms with Gasteiger partial charge in [-0.1, -0.05) is 19.4 Å². The molecule has 0 saturated carbocycles. The first kappa shape index (κ1) is 15.0. The van der Waals surface area contributed by atoms with Crippen molar-refractivity contribution >= 4 is 21.4 Å². The summed E-state index contributed by atoms with van der Waals surface area (Å²) in [6.07, 6.45) is 3.84. The fourth-order valence-electron chi connectivity index (χ4n) is 2.47. The van der Waals surface area contributed by atoms with E-state index in [2.05, 4.69) is 17.0 Å². The summed E-state index contributed by atoms with van der Waals surface area (Å²) in [5.74, 6) is 0.193. The third-order valence-electron chi connectivity index (χ3n) is 3.37. The van der Waals surface area contributed by atoms with E-state index in [4.69, 9.17) is 0 Å². The number of thiophene rings is 1. The molecule has 108 valence electrons. The smallest absolute Gasteiger partial charge is 0.213 e. The van der Waals surface area contributed by atoms with Gasteiger partial charge in [-0.05, 0) is 37.3 Å². The van der Waals surface area contributed by atoms with Gasteiger partial charge in [-0.3, -0.25) is 0 Å². The summed E-state index contributed by atoms with van der Waals surface area (Å²) < 4.78 is 27.3. The van der Waals surface area contributed by atoms with E-state index in [1.807, 2.05) is 17.5 Å². The van der Waals surface area contributed by atoms with E-state index in [-0.39, 0.29) is 17.8 Å². The molecule has 1 saturated heterocycles. The molecule has 6 heteroatoms. The van der Waals surface area contributed by atoms with Gasteiger partial charge in [0.2, 0.25) is 10.0 Å². The van der Waals surface area contributed by atoms with Crippen molar-refractivity contribution in [3.05, 3.63) is 22.4 Å². The molecule has 1 fully saturated rings. The maximum atomic E-state index is 12.2. The van der Waals surface area contributed by atoms with Crippen LogP contribution in [0.2, 0.25) is 0 Å². The molecule has 0 amide bonds. The Labute approximate surface area is 119 Å². The van der Waals surface area contributed by atoms with Crippen molar-refractivity contribution in [2.45, 2.75) is 44.7 Å². The van der Waals surface area contributed by atoms with Crippen molar-refractivity contribution in [1.29, 1.82) is 0 Å². The lowest BCUT2D eigenvalue weighted by Gasteiger charge is -2.18. The lowest BCUT2D eigenvalue weighted by atomic mass is 10.1. The molecular weight excluding hydrogens is 280 g/mol. The first-order chi connectivity index (χ1) is 9.11. The molecular formula is C13H22N2O2S2. The monoisotopic (exact) mass is 302 g/mol. The number of rotatable bonds is 7. The summed E-state index contributed by atoms with van der Waals surface area (Å²) in [5.41, 5.74) is 0. The zero-order valence-corrected chi connectivity index (χ0v) is 12.9. The van der Waals surface area contributed by atoms with Crippen LogP contribution in [0.4, 0.5) is 0 Å². The van der Waals surface area contributed by atoms with Crippen LogP contribution in [0.25, 0.3) is 0 Å². The molecule has 2 atom stereocenters. The quantitative estimate of drug-likeness (QED) is 0.812. The van der Waals surface area contributed by atoms with Gasteiger partial charge in [-0.2, -0.15) is 0 Å². The van der Waals surface area contributed by atoms with E-state index in [1.54, 1.807) is 11.3 Å². The van der Waals surface area contributed by atoms with Crippen LogP contribution in [0.5, 0.6) is 0 Å². The highest BCUT2D eigenvalue weighted by molar-refractivity contribution is 7.89. The molecule has 0 aliphatic carbocycles. The second kappa shape index (κ2) is 6.83. The van der Waals surface area contributed by atoms with Crippen molar-refractivity contribution < 1.29 is 8.42 Å². The van der Waals surface area contributed by atoms with Crippen molar-refractivity contribution in [1.82, 2.24) is 10.0 Å². The second-order valence-electron chi connectivity index (χ2n) is 5.05. The largest absolute Gasteiger partial charge is 0.313 e. The Bertz CT molecular complexity index is 465. The van der Waals surface area contributed by atoms with Crippen LogP contribution in [0.1, 0.15) is 43.5 Å². The van der Waals surface area contributed by atoms with Crippen LogP contribution in [-0.2, 0) is 10.0 Å². The maximum absolute atomic E-state index is 12.2. The van der Waals surface area contributed by atoms with Gasteiger partial charge in [0.25, 0.3) is 0 Å². The van der Waals surface area contributed by atoms with Gasteiger partial charge >= 0.3 is 0 Å². The predicted molar refractivity (Wildman–Crippen MR) is 79.9 cm³/mol. The van der Waals surface area contributed by atoms with Crippen molar-refractivity contribution in [2.24, 2.45) is 0 Å². The Hall–Kier alpha value is -0.430. The van der Waals surface area contributed by atoms with Gasteiger partial charge in [0, 0.05) is 10.9 Å². The van der Waals surface area contributed by atoms with Gasteiger partial charge in [-0.25, -0.2) is 13.1 Å². The topological polar surface area (TPSA) is 58.2 Å². The van der Waals surface area contributed by atoms with Crippen LogP contribution in [0.15, 0.2) is 17.5 Å². The third-order valence-corrected chi connectivity index (χ3v) is 5.84. The Balaban J connectivity index is 1.99. The molecule has 0 bridgehead atoms. The SMILES string of the molecule is CCCC(NS(=O)(=O)CC1CCCN1)c1cccs1. The predicted octanol–water partition coefficient (Wildman–Crippen LogP) is 2.26. The molecule has 2 N–H and O–H groups in total. The molecule has 2 heterocycles. The molecule has 0 radical (unpaired) electrons. The average Bonchev–Trinajstić information content (AvgIpc) is 2.99. The number of hydrogen-bond acceptors (Lipinski definition) is 4. The summed E-state index contributed by atoms with van der Waals surface area (Å²) in [7, 11) is -3.22. The standard InChI is InChI=1S/C13H22N2O2S2/c1-2-5-12(13-7-4-9-18-13)15-19(16,17)10-11-6-3-8-14-11/h4,7,9,11-12,14-15H,2-3,5-6,8,10H2,1H3. The molecule has 1 aromatic heterocycles. The summed E-state index contributed by atoms with van der Waals surface area (Å²) in [5, 5.41) is 5.23. The molecule has 4 nitrogen and oxygen atoms in total. The van der Waals surface area contributed by atoms with Crippen molar-refractivity contribution in [2.75, 3.05) is 12.3 Å². The summed E-state index contributed by atoms with van der Waals surface area (Å²) >= 11 is 1.61. The van der Waals surface area contributed by atoms with Crippen LogP contribution in [0.3, 0.4) is 0 Å². The molecule has 0 aromatic carbocycles. The highest BCUT2D eigenvalue weighted by Gasteiger charge is 2.25. The van der Waals surface area contributed by atoms with Crippen LogP contribution < -0.4 is 10.0 Å². The van der Waals surface area contributed by atoms with Gasteiger partial charge in [0.05, 0.1) is 11.8 Å². The molecule has 2 unspecified atom stereocenters. The van der Waals surface area contributed by atoms with E-state index >= 15 is 0 Å². The van der Waals surface area contributed by atoms with Gasteiger partial charge in [0.15, 0.2) is 0 Å². The first-order valence-corrected chi connectivity index (χ1v) is 9.40. The van der Waals surface area contributed by atoms with E-state index in [9.17, 15) is 8.42 Å². The molecule has 1 aliphatic rings. The maximum Gasteiger partial charge on any atom is 0.213 e. The van der Waals surface area contributed by atoms with E-state index < -0.39 is 10.0 Å². The van der Waals surface area contributed by atoms with Crippen LogP contribution in [-0.4, -0.2) is 26.8 Å². The molecule has 19 heavy (non-hydrogen) atoms. The van der Waals surface area contributed by atoms with E-state index in [1.165, 1.54) is 0 Å². The van der Waals surface area contributed by atoms with Crippen molar-refractivity contribution in [3.8, 4) is 0 Å². The van der Waals surface area contributed by atoms with Gasteiger partial charge in [0.1, 0.15) is 0 Å². The number of nitrogens with one attached hydrogen (secondary N) is 2. The third kappa shape index (κ3) is 4.56. The molecule has 2 rings (SSSR count). The minimum absolute atomic E-state index is 0.0728. The van der Waals surface area contributed by atoms with Crippen molar-refractivity contribution in [3.63, 3.8) is 0 Å². The Morgan fingerprint density at radius 3 is 3.00 bits per heavy atom. The van der Waals surface area contributed by atoms with Crippen LogP contribution >= 0.6 is 11.3 Å². The van der Waals surface area contributed by atoms with Gasteiger partial charge in [-0.15, -0.1) is 11.3 Å². The highest BCUT2D eigenvalue weighted by atomic mass is 32.2. The number of sulfonamides is 1. The first-order valence-electron chi connectivity index (χ1n) is 6.87. The Morgan fingerprint density at radius 1 is 1.58 bits per heavy atom. The molecule has 0 spiro atoms. The van der Waals surface area contributed by atoms with Gasteiger partial charge < -0.3 is 5.32 Å². The Kier molecular flexibility index (Phi) is 5.38. The minimum Gasteiger partial charge on any atom is -0.313 e. The summed E-state index contributed by atoms with van der Waals surface area (Å²) in [4.78, 5) is 1.10. The minimum atomic E-state index is -3.22. The molecule has 1 aromatic rings. The lowest BCUT2D eigenvalue weighted by Crippen LogP contribution is -2.38. The molecule has 1 aliphatic heterocycles. The second-order valence-corrected chi connectivity index (χ2v) is 7.83. The normalized spacial score (nSPS) is 21.6.